The molecule has 1 aliphatic carbocycles. The van der Waals surface area contributed by atoms with Crippen molar-refractivity contribution in [1.82, 2.24) is 15.3 Å². The lowest BCUT2D eigenvalue weighted by atomic mass is 9.92. The number of benzene rings is 2. The van der Waals surface area contributed by atoms with Crippen LogP contribution < -0.4 is 5.32 Å². The smallest absolute Gasteiger partial charge is 0.304 e. The van der Waals surface area contributed by atoms with E-state index < -0.39 is 5.97 Å². The average Bonchev–Trinajstić information content (AvgIpc) is 3.52. The van der Waals surface area contributed by atoms with E-state index in [4.69, 9.17) is 10.1 Å². The lowest BCUT2D eigenvalue weighted by Crippen LogP contribution is -2.31. The summed E-state index contributed by atoms with van der Waals surface area (Å²) in [6.45, 7) is 3.71. The summed E-state index contributed by atoms with van der Waals surface area (Å²) in [5.74, 6) is -1.21. The third kappa shape index (κ3) is 4.33. The van der Waals surface area contributed by atoms with Crippen molar-refractivity contribution >= 4 is 27.7 Å². The highest BCUT2D eigenvalue weighted by atomic mass is 32.1. The van der Waals surface area contributed by atoms with Gasteiger partial charge in [-0.05, 0) is 62.1 Å². The van der Waals surface area contributed by atoms with Crippen LogP contribution in [0.1, 0.15) is 56.0 Å². The summed E-state index contributed by atoms with van der Waals surface area (Å²) in [4.78, 5) is 21.3. The van der Waals surface area contributed by atoms with Gasteiger partial charge in [-0.25, -0.2) is 14.4 Å². The Morgan fingerprint density at radius 1 is 1.12 bits per heavy atom. The van der Waals surface area contributed by atoms with Crippen LogP contribution >= 0.6 is 11.3 Å². The molecular weight excluding hydrogens is 449 g/mol. The molecular formula is C27H26FN3O2S. The number of aliphatic carboxylic acids is 1. The summed E-state index contributed by atoms with van der Waals surface area (Å²) in [5.41, 5.74) is 4.30. The fourth-order valence-electron chi connectivity index (χ4n) is 4.59. The van der Waals surface area contributed by atoms with E-state index in [-0.39, 0.29) is 29.7 Å². The highest BCUT2D eigenvalue weighted by Gasteiger charge is 2.47. The maximum atomic E-state index is 15.1. The fourth-order valence-corrected chi connectivity index (χ4v) is 5.56. The van der Waals surface area contributed by atoms with Gasteiger partial charge in [0.15, 0.2) is 0 Å². The van der Waals surface area contributed by atoms with E-state index in [0.29, 0.717) is 10.6 Å². The first-order valence-electron chi connectivity index (χ1n) is 11.5. The number of carbonyl (C=O) groups is 1. The van der Waals surface area contributed by atoms with Crippen molar-refractivity contribution in [3.63, 3.8) is 0 Å². The van der Waals surface area contributed by atoms with Gasteiger partial charge in [0.05, 0.1) is 12.1 Å². The van der Waals surface area contributed by atoms with Crippen LogP contribution in [0.3, 0.4) is 0 Å². The molecule has 5 nitrogen and oxygen atoms in total. The summed E-state index contributed by atoms with van der Waals surface area (Å²) in [7, 11) is 0. The average molecular weight is 476 g/mol. The quantitative estimate of drug-likeness (QED) is 0.322. The molecule has 1 saturated carbocycles. The zero-order chi connectivity index (χ0) is 23.9. The molecule has 0 amide bonds. The Balaban J connectivity index is 1.40. The lowest BCUT2D eigenvalue weighted by Gasteiger charge is -2.19. The van der Waals surface area contributed by atoms with Gasteiger partial charge in [0.2, 0.25) is 0 Å². The summed E-state index contributed by atoms with van der Waals surface area (Å²) >= 11 is 1.41. The first-order valence-corrected chi connectivity index (χ1v) is 12.3. The molecule has 174 valence electrons. The molecule has 5 rings (SSSR count). The van der Waals surface area contributed by atoms with E-state index in [0.717, 1.165) is 34.4 Å². The first kappa shape index (κ1) is 22.6. The summed E-state index contributed by atoms with van der Waals surface area (Å²) in [6.07, 6.45) is 2.17. The van der Waals surface area contributed by atoms with Gasteiger partial charge >= 0.3 is 5.97 Å². The number of hydrogen-bond donors (Lipinski definition) is 2. The molecule has 4 aromatic rings. The molecule has 0 aliphatic heterocycles. The lowest BCUT2D eigenvalue weighted by molar-refractivity contribution is -0.137. The van der Waals surface area contributed by atoms with E-state index >= 15 is 4.39 Å². The minimum atomic E-state index is -0.863. The number of rotatable bonds is 8. The third-order valence-corrected chi connectivity index (χ3v) is 7.56. The zero-order valence-electron chi connectivity index (χ0n) is 19.1. The molecule has 0 bridgehead atoms. The number of thiazole rings is 1. The number of fused-ring (bicyclic) bond motifs is 1. The molecule has 0 saturated heterocycles. The normalized spacial score (nSPS) is 16.3. The molecule has 34 heavy (non-hydrogen) atoms. The predicted octanol–water partition coefficient (Wildman–Crippen LogP) is 6.09. The van der Waals surface area contributed by atoms with Gasteiger partial charge in [-0.3, -0.25) is 4.79 Å². The SMILES string of the molecule is C[C@H](CC(=O)O)N[C@@H](C)c1ccc(-c2nc3ccc(C4(c5ccccc5)CC4)nc3s2)c(F)c1. The highest BCUT2D eigenvalue weighted by molar-refractivity contribution is 7.21. The van der Waals surface area contributed by atoms with E-state index in [2.05, 4.69) is 40.6 Å². The second-order valence-corrected chi connectivity index (χ2v) is 10.1. The van der Waals surface area contributed by atoms with Gasteiger partial charge in [-0.15, -0.1) is 0 Å². The van der Waals surface area contributed by atoms with Crippen molar-refractivity contribution < 1.29 is 14.3 Å². The zero-order valence-corrected chi connectivity index (χ0v) is 19.9. The molecule has 2 aromatic heterocycles. The van der Waals surface area contributed by atoms with Crippen molar-refractivity contribution in [3.8, 4) is 10.6 Å². The molecule has 1 fully saturated rings. The Morgan fingerprint density at radius 3 is 2.56 bits per heavy atom. The largest absolute Gasteiger partial charge is 0.481 e. The van der Waals surface area contributed by atoms with Gasteiger partial charge in [0.25, 0.3) is 0 Å². The monoisotopic (exact) mass is 475 g/mol. The molecule has 0 spiro atoms. The summed E-state index contributed by atoms with van der Waals surface area (Å²) in [6, 6.07) is 19.2. The van der Waals surface area contributed by atoms with Crippen LogP contribution in [0.5, 0.6) is 0 Å². The minimum Gasteiger partial charge on any atom is -0.481 e. The first-order chi connectivity index (χ1) is 16.4. The number of nitrogens with zero attached hydrogens (tertiary/aromatic N) is 2. The number of carboxylic acid groups (broad SMARTS) is 1. The molecule has 0 radical (unpaired) electrons. The second-order valence-electron chi connectivity index (χ2n) is 9.11. The topological polar surface area (TPSA) is 75.1 Å². The van der Waals surface area contributed by atoms with Crippen LogP contribution in [0.2, 0.25) is 0 Å². The van der Waals surface area contributed by atoms with Gasteiger partial charge in [-0.1, -0.05) is 47.7 Å². The van der Waals surface area contributed by atoms with Crippen molar-refractivity contribution in [2.75, 3.05) is 0 Å². The summed E-state index contributed by atoms with van der Waals surface area (Å²) in [5, 5.41) is 12.8. The molecule has 0 unspecified atom stereocenters. The Kier molecular flexibility index (Phi) is 5.91. The van der Waals surface area contributed by atoms with Gasteiger partial charge in [0.1, 0.15) is 21.2 Å². The number of halogens is 1. The van der Waals surface area contributed by atoms with E-state index in [1.807, 2.05) is 25.1 Å². The molecule has 2 N–H and O–H groups in total. The summed E-state index contributed by atoms with van der Waals surface area (Å²) < 4.78 is 15.1. The minimum absolute atomic E-state index is 0.0111. The Morgan fingerprint density at radius 2 is 1.88 bits per heavy atom. The molecule has 7 heteroatoms. The maximum absolute atomic E-state index is 15.1. The second kappa shape index (κ2) is 8.89. The number of aromatic nitrogens is 2. The molecule has 2 aromatic carbocycles. The van der Waals surface area contributed by atoms with Crippen LogP contribution in [-0.4, -0.2) is 27.1 Å². The Labute approximate surface area is 201 Å². The standard InChI is InChI=1S/C27H26FN3O2S/c1-16(14-24(32)33)29-17(2)18-8-9-20(21(28)15-18)25-30-22-10-11-23(31-26(22)34-25)27(12-13-27)19-6-4-3-5-7-19/h3-11,15-17,29H,12-14H2,1-2H3,(H,32,33)/t16-,17+/m1/s1. The number of pyridine rings is 1. The van der Waals surface area contributed by atoms with Gasteiger partial charge in [-0.2, -0.15) is 0 Å². The van der Waals surface area contributed by atoms with Crippen molar-refractivity contribution in [2.24, 2.45) is 0 Å². The molecule has 2 atom stereocenters. The van der Waals surface area contributed by atoms with E-state index in [1.165, 1.54) is 23.0 Å². The van der Waals surface area contributed by atoms with Crippen LogP contribution in [0, 0.1) is 5.82 Å². The Bertz CT molecular complexity index is 1350. The number of hydrogen-bond acceptors (Lipinski definition) is 5. The fraction of sp³-hybridized carbons (Fsp3) is 0.296. The van der Waals surface area contributed by atoms with Crippen molar-refractivity contribution in [3.05, 3.63) is 83.3 Å². The van der Waals surface area contributed by atoms with Gasteiger partial charge in [0, 0.05) is 23.1 Å². The van der Waals surface area contributed by atoms with E-state index in [9.17, 15) is 4.79 Å². The van der Waals surface area contributed by atoms with Gasteiger partial charge < -0.3 is 10.4 Å². The third-order valence-electron chi connectivity index (χ3n) is 6.56. The van der Waals surface area contributed by atoms with Crippen LogP contribution in [-0.2, 0) is 10.2 Å². The number of carboxylic acids is 1. The maximum Gasteiger partial charge on any atom is 0.304 e. The van der Waals surface area contributed by atoms with Crippen molar-refractivity contribution in [2.45, 2.75) is 50.6 Å². The van der Waals surface area contributed by atoms with Crippen LogP contribution in [0.15, 0.2) is 60.7 Å². The molecule has 2 heterocycles. The highest BCUT2D eigenvalue weighted by Crippen LogP contribution is 2.53. The Hall–Kier alpha value is -3.16. The molecule has 1 aliphatic rings. The van der Waals surface area contributed by atoms with Crippen LogP contribution in [0.4, 0.5) is 4.39 Å². The van der Waals surface area contributed by atoms with E-state index in [1.54, 1.807) is 13.0 Å². The van der Waals surface area contributed by atoms with Crippen LogP contribution in [0.25, 0.3) is 20.9 Å². The number of nitrogens with one attached hydrogen (secondary N) is 1. The predicted molar refractivity (Wildman–Crippen MR) is 133 cm³/mol. The van der Waals surface area contributed by atoms with Crippen molar-refractivity contribution in [1.29, 1.82) is 0 Å².